The van der Waals surface area contributed by atoms with Gasteiger partial charge in [-0.2, -0.15) is 0 Å². The predicted molar refractivity (Wildman–Crippen MR) is 85.4 cm³/mol. The molecule has 3 aromatic rings. The molecule has 0 fully saturated rings. The van der Waals surface area contributed by atoms with Crippen LogP contribution in [0.15, 0.2) is 46.2 Å². The molecule has 0 bridgehead atoms. The second-order valence-electron chi connectivity index (χ2n) is 5.02. The largest absolute Gasteiger partial charge is 0.469 e. The number of furan rings is 1. The quantitative estimate of drug-likeness (QED) is 0.733. The highest BCUT2D eigenvalue weighted by Gasteiger charge is 2.14. The van der Waals surface area contributed by atoms with Gasteiger partial charge in [0.05, 0.1) is 18.4 Å². The molecule has 1 N–H and O–H groups in total. The van der Waals surface area contributed by atoms with Crippen molar-refractivity contribution in [2.24, 2.45) is 7.05 Å². The Balaban J connectivity index is 1.73. The molecule has 2 aromatic heterocycles. The van der Waals surface area contributed by atoms with Crippen LogP contribution in [-0.4, -0.2) is 19.9 Å². The molecule has 0 radical (unpaired) electrons. The maximum absolute atomic E-state index is 9.05. The van der Waals surface area contributed by atoms with Crippen molar-refractivity contribution >= 4 is 11.8 Å². The molecule has 0 aliphatic carbocycles. The highest BCUT2D eigenvalue weighted by molar-refractivity contribution is 7.98. The molecule has 5 nitrogen and oxygen atoms in total. The second-order valence-corrected chi connectivity index (χ2v) is 5.96. The fourth-order valence-electron chi connectivity index (χ4n) is 2.18. The fraction of sp³-hybridized carbons (Fsp3) is 0.250. The normalized spacial score (nSPS) is 11.0. The average molecular weight is 315 g/mol. The third kappa shape index (κ3) is 2.93. The van der Waals surface area contributed by atoms with Crippen LogP contribution >= 0.6 is 11.8 Å². The lowest BCUT2D eigenvalue weighted by atomic mass is 10.2. The summed E-state index contributed by atoms with van der Waals surface area (Å²) in [5.41, 5.74) is 3.07. The number of benzene rings is 1. The summed E-state index contributed by atoms with van der Waals surface area (Å²) in [5, 5.41) is 18.4. The van der Waals surface area contributed by atoms with E-state index in [-0.39, 0.29) is 6.61 Å². The van der Waals surface area contributed by atoms with Gasteiger partial charge in [-0.3, -0.25) is 0 Å². The van der Waals surface area contributed by atoms with E-state index in [9.17, 15) is 0 Å². The lowest BCUT2D eigenvalue weighted by Crippen LogP contribution is -1.95. The maximum atomic E-state index is 9.05. The van der Waals surface area contributed by atoms with Crippen LogP contribution in [0.4, 0.5) is 0 Å². The first kappa shape index (κ1) is 14.9. The summed E-state index contributed by atoms with van der Waals surface area (Å²) >= 11 is 1.63. The van der Waals surface area contributed by atoms with E-state index in [4.69, 9.17) is 9.52 Å². The number of aliphatic hydroxyl groups excluding tert-OH is 1. The summed E-state index contributed by atoms with van der Waals surface area (Å²) in [6.45, 7) is 1.99. The van der Waals surface area contributed by atoms with Crippen LogP contribution in [0, 0.1) is 6.92 Å². The summed E-state index contributed by atoms with van der Waals surface area (Å²) in [4.78, 5) is 0. The van der Waals surface area contributed by atoms with Crippen molar-refractivity contribution < 1.29 is 9.52 Å². The highest BCUT2D eigenvalue weighted by Crippen LogP contribution is 2.27. The molecule has 2 heterocycles. The number of hydrogen-bond acceptors (Lipinski definition) is 5. The van der Waals surface area contributed by atoms with Crippen LogP contribution in [0.3, 0.4) is 0 Å². The van der Waals surface area contributed by atoms with Gasteiger partial charge in [0.25, 0.3) is 0 Å². The van der Waals surface area contributed by atoms with Gasteiger partial charge in [0.15, 0.2) is 11.0 Å². The molecule has 0 unspecified atom stereocenters. The third-order valence-corrected chi connectivity index (χ3v) is 4.60. The fourth-order valence-corrected chi connectivity index (χ4v) is 3.05. The molecule has 1 aromatic carbocycles. The first-order valence-corrected chi connectivity index (χ1v) is 7.93. The van der Waals surface area contributed by atoms with E-state index >= 15 is 0 Å². The van der Waals surface area contributed by atoms with Gasteiger partial charge in [0.1, 0.15) is 5.76 Å². The number of hydrogen-bond donors (Lipinski definition) is 1. The summed E-state index contributed by atoms with van der Waals surface area (Å²) in [6.07, 6.45) is 1.66. The summed E-state index contributed by atoms with van der Waals surface area (Å²) in [7, 11) is 1.96. The standard InChI is InChI=1S/C16H17N3O2S/c1-11-14(7-8-21-11)15-17-18-16(19(15)2)22-10-13-5-3-12(9-20)4-6-13/h3-8,20H,9-10H2,1-2H3. The molecule has 3 rings (SSSR count). The predicted octanol–water partition coefficient (Wildman–Crippen LogP) is 3.17. The molecule has 114 valence electrons. The first-order valence-electron chi connectivity index (χ1n) is 6.94. The summed E-state index contributed by atoms with van der Waals surface area (Å²) < 4.78 is 7.30. The number of aliphatic hydroxyl groups is 1. The van der Waals surface area contributed by atoms with Crippen molar-refractivity contribution in [2.75, 3.05) is 0 Å². The van der Waals surface area contributed by atoms with Crippen molar-refractivity contribution in [3.8, 4) is 11.4 Å². The molecule has 22 heavy (non-hydrogen) atoms. The molecule has 6 heteroatoms. The molecular formula is C16H17N3O2S. The molecule has 0 atom stereocenters. The molecule has 0 saturated carbocycles. The van der Waals surface area contributed by atoms with Crippen molar-refractivity contribution in [1.82, 2.24) is 14.8 Å². The Kier molecular flexibility index (Phi) is 4.31. The van der Waals surface area contributed by atoms with Crippen LogP contribution in [0.25, 0.3) is 11.4 Å². The zero-order valence-electron chi connectivity index (χ0n) is 12.5. The smallest absolute Gasteiger partial charge is 0.191 e. The molecule has 0 aliphatic heterocycles. The molecular weight excluding hydrogens is 298 g/mol. The van der Waals surface area contributed by atoms with E-state index in [0.29, 0.717) is 0 Å². The Morgan fingerprint density at radius 3 is 2.50 bits per heavy atom. The minimum atomic E-state index is 0.0735. The Morgan fingerprint density at radius 1 is 1.14 bits per heavy atom. The van der Waals surface area contributed by atoms with Crippen LogP contribution < -0.4 is 0 Å². The Labute approximate surface area is 133 Å². The summed E-state index contributed by atoms with van der Waals surface area (Å²) in [6, 6.07) is 9.83. The van der Waals surface area contributed by atoms with Crippen LogP contribution in [0.1, 0.15) is 16.9 Å². The highest BCUT2D eigenvalue weighted by atomic mass is 32.2. The average Bonchev–Trinajstić information content (AvgIpc) is 3.11. The minimum absolute atomic E-state index is 0.0735. The van der Waals surface area contributed by atoms with Crippen LogP contribution in [0.5, 0.6) is 0 Å². The van der Waals surface area contributed by atoms with Crippen LogP contribution in [-0.2, 0) is 19.4 Å². The van der Waals surface area contributed by atoms with Gasteiger partial charge >= 0.3 is 0 Å². The van der Waals surface area contributed by atoms with Gasteiger partial charge in [-0.05, 0) is 24.1 Å². The van der Waals surface area contributed by atoms with E-state index in [2.05, 4.69) is 10.2 Å². The maximum Gasteiger partial charge on any atom is 0.191 e. The van der Waals surface area contributed by atoms with Crippen LogP contribution in [0.2, 0.25) is 0 Å². The number of aryl methyl sites for hydroxylation is 1. The van der Waals surface area contributed by atoms with E-state index in [1.165, 1.54) is 5.56 Å². The van der Waals surface area contributed by atoms with Crippen molar-refractivity contribution in [3.05, 3.63) is 53.5 Å². The lowest BCUT2D eigenvalue weighted by molar-refractivity contribution is 0.282. The van der Waals surface area contributed by atoms with E-state index in [0.717, 1.165) is 33.6 Å². The van der Waals surface area contributed by atoms with E-state index in [1.807, 2.05) is 48.9 Å². The van der Waals surface area contributed by atoms with E-state index < -0.39 is 0 Å². The topological polar surface area (TPSA) is 64.1 Å². The van der Waals surface area contributed by atoms with Gasteiger partial charge in [-0.1, -0.05) is 36.0 Å². The van der Waals surface area contributed by atoms with Gasteiger partial charge in [-0.15, -0.1) is 10.2 Å². The molecule has 0 saturated heterocycles. The van der Waals surface area contributed by atoms with Gasteiger partial charge < -0.3 is 14.1 Å². The number of thioether (sulfide) groups is 1. The Bertz CT molecular complexity index is 762. The monoisotopic (exact) mass is 315 g/mol. The Morgan fingerprint density at radius 2 is 1.86 bits per heavy atom. The molecule has 0 spiro atoms. The second kappa shape index (κ2) is 6.37. The van der Waals surface area contributed by atoms with Crippen molar-refractivity contribution in [2.45, 2.75) is 24.4 Å². The minimum Gasteiger partial charge on any atom is -0.469 e. The lowest BCUT2D eigenvalue weighted by Gasteiger charge is -2.04. The van der Waals surface area contributed by atoms with E-state index in [1.54, 1.807) is 18.0 Å². The SMILES string of the molecule is Cc1occc1-c1nnc(SCc2ccc(CO)cc2)n1C. The third-order valence-electron chi connectivity index (χ3n) is 3.51. The number of nitrogens with zero attached hydrogens (tertiary/aromatic N) is 3. The summed E-state index contributed by atoms with van der Waals surface area (Å²) in [5.74, 6) is 2.46. The first-order chi connectivity index (χ1) is 10.7. The molecule has 0 amide bonds. The zero-order chi connectivity index (χ0) is 15.5. The van der Waals surface area contributed by atoms with Gasteiger partial charge in [0.2, 0.25) is 0 Å². The number of aromatic nitrogens is 3. The van der Waals surface area contributed by atoms with Gasteiger partial charge in [0, 0.05) is 12.8 Å². The van der Waals surface area contributed by atoms with Gasteiger partial charge in [-0.25, -0.2) is 0 Å². The Hall–Kier alpha value is -2.05. The number of rotatable bonds is 5. The van der Waals surface area contributed by atoms with Crippen molar-refractivity contribution in [3.63, 3.8) is 0 Å². The molecule has 0 aliphatic rings. The van der Waals surface area contributed by atoms with Crippen molar-refractivity contribution in [1.29, 1.82) is 0 Å². The zero-order valence-corrected chi connectivity index (χ0v) is 13.3.